The van der Waals surface area contributed by atoms with Gasteiger partial charge in [-0.25, -0.2) is 4.98 Å². The fourth-order valence-electron chi connectivity index (χ4n) is 2.84. The van der Waals surface area contributed by atoms with Crippen molar-refractivity contribution in [3.05, 3.63) is 65.5 Å². The summed E-state index contributed by atoms with van der Waals surface area (Å²) < 4.78 is 5.00. The highest BCUT2D eigenvalue weighted by Crippen LogP contribution is 2.19. The van der Waals surface area contributed by atoms with E-state index in [4.69, 9.17) is 9.72 Å². The lowest BCUT2D eigenvalue weighted by molar-refractivity contribution is -0.143. The molecule has 0 radical (unpaired) electrons. The average molecular weight is 322 g/mol. The van der Waals surface area contributed by atoms with Crippen LogP contribution in [0.15, 0.2) is 48.5 Å². The van der Waals surface area contributed by atoms with Crippen molar-refractivity contribution in [3.8, 4) is 0 Å². The van der Waals surface area contributed by atoms with Crippen LogP contribution in [-0.2, 0) is 28.8 Å². The van der Waals surface area contributed by atoms with E-state index in [1.807, 2.05) is 31.2 Å². The Balaban J connectivity index is 1.71. The van der Waals surface area contributed by atoms with Crippen molar-refractivity contribution in [2.45, 2.75) is 32.6 Å². The quantitative estimate of drug-likeness (QED) is 0.672. The van der Waals surface area contributed by atoms with Crippen LogP contribution in [0.5, 0.6) is 0 Å². The summed E-state index contributed by atoms with van der Waals surface area (Å²) in [7, 11) is 0. The predicted molar refractivity (Wildman–Crippen MR) is 94.9 cm³/mol. The third-order valence-electron chi connectivity index (χ3n) is 4.04. The largest absolute Gasteiger partial charge is 0.466 e. The first-order valence-corrected chi connectivity index (χ1v) is 8.42. The zero-order chi connectivity index (χ0) is 16.8. The first-order chi connectivity index (χ1) is 11.8. The number of esters is 1. The third kappa shape index (κ3) is 4.02. The number of nitrogens with one attached hydrogen (secondary N) is 1. The van der Waals surface area contributed by atoms with Crippen LogP contribution in [-0.4, -0.2) is 22.5 Å². The number of carbonyl (C=O) groups is 1. The number of aromatic amines is 1. The Hall–Kier alpha value is -2.62. The Kier molecular flexibility index (Phi) is 5.26. The lowest BCUT2D eigenvalue weighted by Gasteiger charge is -2.02. The molecule has 0 aliphatic rings. The summed E-state index contributed by atoms with van der Waals surface area (Å²) >= 11 is 0. The zero-order valence-corrected chi connectivity index (χ0v) is 13.9. The summed E-state index contributed by atoms with van der Waals surface area (Å²) in [5.41, 5.74) is 4.38. The molecule has 0 aliphatic heterocycles. The van der Waals surface area contributed by atoms with Crippen LogP contribution in [0.2, 0.25) is 0 Å². The highest BCUT2D eigenvalue weighted by atomic mass is 16.5. The minimum Gasteiger partial charge on any atom is -0.466 e. The number of aromatic nitrogens is 2. The number of imidazole rings is 1. The number of ether oxygens (including phenoxy) is 1. The van der Waals surface area contributed by atoms with Gasteiger partial charge in [0.1, 0.15) is 5.82 Å². The van der Waals surface area contributed by atoms with E-state index in [2.05, 4.69) is 29.2 Å². The number of hydrogen-bond donors (Lipinski definition) is 1. The van der Waals surface area contributed by atoms with Crippen molar-refractivity contribution in [1.29, 1.82) is 0 Å². The van der Waals surface area contributed by atoms with Gasteiger partial charge in [-0.05, 0) is 37.0 Å². The van der Waals surface area contributed by atoms with Crippen molar-refractivity contribution in [2.75, 3.05) is 6.61 Å². The Labute approximate surface area is 141 Å². The summed E-state index contributed by atoms with van der Waals surface area (Å²) in [4.78, 5) is 19.7. The molecule has 0 atom stereocenters. The summed E-state index contributed by atoms with van der Waals surface area (Å²) in [5, 5.41) is 0. The van der Waals surface area contributed by atoms with E-state index < -0.39 is 0 Å². The molecular formula is C20H22N2O2. The summed E-state index contributed by atoms with van der Waals surface area (Å²) in [6, 6.07) is 16.5. The third-order valence-corrected chi connectivity index (χ3v) is 4.04. The molecule has 0 saturated carbocycles. The molecule has 0 aliphatic carbocycles. The molecule has 0 unspecified atom stereocenters. The normalized spacial score (nSPS) is 10.9. The molecule has 1 N–H and O–H groups in total. The Morgan fingerprint density at radius 1 is 1.04 bits per heavy atom. The lowest BCUT2D eigenvalue weighted by Crippen LogP contribution is -2.05. The van der Waals surface area contributed by atoms with Crippen molar-refractivity contribution >= 4 is 17.0 Å². The number of aryl methyl sites for hydroxylation is 3. The minimum atomic E-state index is -0.158. The van der Waals surface area contributed by atoms with E-state index in [9.17, 15) is 4.79 Å². The second-order valence-electron chi connectivity index (χ2n) is 5.79. The Bertz CT molecular complexity index is 809. The number of benzene rings is 2. The molecule has 0 saturated heterocycles. The van der Waals surface area contributed by atoms with E-state index in [0.29, 0.717) is 19.4 Å². The van der Waals surface area contributed by atoms with Gasteiger partial charge >= 0.3 is 5.97 Å². The van der Waals surface area contributed by atoms with Gasteiger partial charge in [0.2, 0.25) is 0 Å². The lowest BCUT2D eigenvalue weighted by atomic mass is 10.1. The van der Waals surface area contributed by atoms with E-state index in [-0.39, 0.29) is 5.97 Å². The maximum atomic E-state index is 11.6. The van der Waals surface area contributed by atoms with Crippen molar-refractivity contribution < 1.29 is 9.53 Å². The van der Waals surface area contributed by atoms with Crippen molar-refractivity contribution in [1.82, 2.24) is 9.97 Å². The number of nitrogens with zero attached hydrogens (tertiary/aromatic N) is 1. The Morgan fingerprint density at radius 2 is 1.88 bits per heavy atom. The molecule has 24 heavy (non-hydrogen) atoms. The molecule has 3 aromatic rings. The van der Waals surface area contributed by atoms with Gasteiger partial charge in [0.05, 0.1) is 17.6 Å². The molecule has 3 rings (SSSR count). The van der Waals surface area contributed by atoms with Gasteiger partial charge in [0.25, 0.3) is 0 Å². The van der Waals surface area contributed by atoms with Gasteiger partial charge in [-0.1, -0.05) is 42.5 Å². The number of carbonyl (C=O) groups excluding carboxylic acids is 1. The van der Waals surface area contributed by atoms with Crippen LogP contribution in [0, 0.1) is 0 Å². The fourth-order valence-corrected chi connectivity index (χ4v) is 2.84. The summed E-state index contributed by atoms with van der Waals surface area (Å²) in [6.07, 6.45) is 2.87. The van der Waals surface area contributed by atoms with E-state index in [1.165, 1.54) is 5.56 Å². The van der Waals surface area contributed by atoms with Gasteiger partial charge < -0.3 is 9.72 Å². The molecular weight excluding hydrogens is 300 g/mol. The summed E-state index contributed by atoms with van der Waals surface area (Å²) in [5.74, 6) is 0.826. The average Bonchev–Trinajstić information content (AvgIpc) is 3.03. The number of para-hydroxylation sites is 1. The van der Waals surface area contributed by atoms with Crippen LogP contribution in [0.1, 0.15) is 30.3 Å². The fraction of sp³-hybridized carbons (Fsp3) is 0.300. The van der Waals surface area contributed by atoms with Crippen LogP contribution < -0.4 is 0 Å². The van der Waals surface area contributed by atoms with Gasteiger partial charge in [-0.3, -0.25) is 4.79 Å². The standard InChI is InChI=1S/C20H22N2O2/c1-2-24-19(23)14-12-16-9-6-10-17-20(16)22-18(21-17)13-11-15-7-4-3-5-8-15/h3-10H,2,11-14H2,1H3,(H,21,22). The smallest absolute Gasteiger partial charge is 0.306 e. The van der Waals surface area contributed by atoms with E-state index in [0.717, 1.165) is 35.3 Å². The molecule has 4 heteroatoms. The van der Waals surface area contributed by atoms with Crippen LogP contribution in [0.3, 0.4) is 0 Å². The van der Waals surface area contributed by atoms with Gasteiger partial charge in [-0.2, -0.15) is 0 Å². The van der Waals surface area contributed by atoms with Crippen LogP contribution in [0.25, 0.3) is 11.0 Å². The first kappa shape index (κ1) is 16.2. The molecule has 0 spiro atoms. The maximum absolute atomic E-state index is 11.6. The van der Waals surface area contributed by atoms with Gasteiger partial charge in [0, 0.05) is 12.8 Å². The number of fused-ring (bicyclic) bond motifs is 1. The number of H-pyrrole nitrogens is 1. The molecule has 0 bridgehead atoms. The topological polar surface area (TPSA) is 55.0 Å². The maximum Gasteiger partial charge on any atom is 0.306 e. The second kappa shape index (κ2) is 7.77. The van der Waals surface area contributed by atoms with Gasteiger partial charge in [0.15, 0.2) is 0 Å². The molecule has 0 fully saturated rings. The molecule has 0 amide bonds. The Morgan fingerprint density at radius 3 is 2.67 bits per heavy atom. The number of rotatable bonds is 7. The second-order valence-corrected chi connectivity index (χ2v) is 5.79. The van der Waals surface area contributed by atoms with E-state index in [1.54, 1.807) is 0 Å². The first-order valence-electron chi connectivity index (χ1n) is 8.42. The van der Waals surface area contributed by atoms with E-state index >= 15 is 0 Å². The molecule has 4 nitrogen and oxygen atoms in total. The van der Waals surface area contributed by atoms with Crippen molar-refractivity contribution in [2.24, 2.45) is 0 Å². The minimum absolute atomic E-state index is 0.158. The number of hydrogen-bond acceptors (Lipinski definition) is 3. The summed E-state index contributed by atoms with van der Waals surface area (Å²) in [6.45, 7) is 2.25. The molecule has 1 aromatic heterocycles. The van der Waals surface area contributed by atoms with Crippen LogP contribution >= 0.6 is 0 Å². The highest BCUT2D eigenvalue weighted by molar-refractivity contribution is 5.79. The van der Waals surface area contributed by atoms with Crippen molar-refractivity contribution in [3.63, 3.8) is 0 Å². The molecule has 124 valence electrons. The molecule has 2 aromatic carbocycles. The highest BCUT2D eigenvalue weighted by Gasteiger charge is 2.10. The SMILES string of the molecule is CCOC(=O)CCc1cccc2[nH]c(CCc3ccccc3)nc12. The monoisotopic (exact) mass is 322 g/mol. The molecule has 1 heterocycles. The van der Waals surface area contributed by atoms with Crippen LogP contribution in [0.4, 0.5) is 0 Å². The predicted octanol–water partition coefficient (Wildman–Crippen LogP) is 3.84. The van der Waals surface area contributed by atoms with Gasteiger partial charge in [-0.15, -0.1) is 0 Å². The zero-order valence-electron chi connectivity index (χ0n) is 13.9.